The summed E-state index contributed by atoms with van der Waals surface area (Å²) >= 11 is 1.71. The quantitative estimate of drug-likeness (QED) is 0.671. The highest BCUT2D eigenvalue weighted by Crippen LogP contribution is 2.14. The third-order valence-electron chi connectivity index (χ3n) is 4.13. The molecule has 0 aliphatic rings. The largest absolute Gasteiger partial charge is 0.351 e. The number of thiophene rings is 1. The molecule has 1 aromatic heterocycles. The van der Waals surface area contributed by atoms with E-state index in [0.29, 0.717) is 24.2 Å². The first kappa shape index (κ1) is 20.1. The number of anilines is 1. The summed E-state index contributed by atoms with van der Waals surface area (Å²) in [5, 5.41) is 7.83. The van der Waals surface area contributed by atoms with E-state index in [1.165, 1.54) is 4.88 Å². The SMILES string of the molecule is CCN(C)CCNC(=O)c1cccc(NC(=O)CCCc2cccs2)c1. The lowest BCUT2D eigenvalue weighted by Crippen LogP contribution is -2.32. The smallest absolute Gasteiger partial charge is 0.251 e. The second-order valence-corrected chi connectivity index (χ2v) is 7.25. The normalized spacial score (nSPS) is 10.7. The van der Waals surface area contributed by atoms with E-state index in [9.17, 15) is 9.59 Å². The lowest BCUT2D eigenvalue weighted by atomic mass is 10.1. The molecule has 0 aliphatic carbocycles. The fourth-order valence-corrected chi connectivity index (χ4v) is 3.21. The minimum atomic E-state index is -0.122. The number of likely N-dealkylation sites (N-methyl/N-ethyl adjacent to an activating group) is 1. The Morgan fingerprint density at radius 3 is 2.77 bits per heavy atom. The summed E-state index contributed by atoms with van der Waals surface area (Å²) in [5.74, 6) is -0.146. The fraction of sp³-hybridized carbons (Fsp3) is 0.400. The van der Waals surface area contributed by atoms with Gasteiger partial charge in [-0.25, -0.2) is 0 Å². The van der Waals surface area contributed by atoms with E-state index in [0.717, 1.165) is 25.9 Å². The van der Waals surface area contributed by atoms with Crippen molar-refractivity contribution < 1.29 is 9.59 Å². The standard InChI is InChI=1S/C20H27N3O2S/c1-3-23(2)13-12-21-20(25)16-7-4-8-17(15-16)22-19(24)11-5-9-18-10-6-14-26-18/h4,6-8,10,14-15H,3,5,9,11-13H2,1-2H3,(H,21,25)(H,22,24). The van der Waals surface area contributed by atoms with E-state index in [-0.39, 0.29) is 11.8 Å². The number of benzene rings is 1. The second-order valence-electron chi connectivity index (χ2n) is 6.21. The molecule has 1 heterocycles. The van der Waals surface area contributed by atoms with Crippen molar-refractivity contribution in [2.75, 3.05) is 32.0 Å². The predicted molar refractivity (Wildman–Crippen MR) is 108 cm³/mol. The van der Waals surface area contributed by atoms with Crippen LogP contribution in [0.15, 0.2) is 41.8 Å². The van der Waals surface area contributed by atoms with Crippen molar-refractivity contribution >= 4 is 28.8 Å². The molecule has 0 saturated heterocycles. The highest BCUT2D eigenvalue weighted by molar-refractivity contribution is 7.09. The minimum Gasteiger partial charge on any atom is -0.351 e. The molecule has 0 saturated carbocycles. The molecule has 0 unspecified atom stereocenters. The van der Waals surface area contributed by atoms with Crippen LogP contribution in [0.1, 0.15) is 35.0 Å². The van der Waals surface area contributed by atoms with Crippen molar-refractivity contribution in [2.45, 2.75) is 26.2 Å². The van der Waals surface area contributed by atoms with Gasteiger partial charge in [0.1, 0.15) is 0 Å². The van der Waals surface area contributed by atoms with Gasteiger partial charge in [0.25, 0.3) is 5.91 Å². The van der Waals surface area contributed by atoms with Crippen molar-refractivity contribution in [3.8, 4) is 0 Å². The van der Waals surface area contributed by atoms with Gasteiger partial charge in [-0.3, -0.25) is 9.59 Å². The lowest BCUT2D eigenvalue weighted by molar-refractivity contribution is -0.116. The average Bonchev–Trinajstić information content (AvgIpc) is 3.15. The van der Waals surface area contributed by atoms with E-state index in [1.54, 1.807) is 35.6 Å². The third-order valence-corrected chi connectivity index (χ3v) is 5.07. The van der Waals surface area contributed by atoms with E-state index in [1.807, 2.05) is 18.5 Å². The Morgan fingerprint density at radius 1 is 1.19 bits per heavy atom. The second kappa shape index (κ2) is 10.7. The number of carbonyl (C=O) groups is 2. The molecular weight excluding hydrogens is 346 g/mol. The van der Waals surface area contributed by atoms with E-state index >= 15 is 0 Å². The summed E-state index contributed by atoms with van der Waals surface area (Å²) in [4.78, 5) is 27.7. The molecule has 2 rings (SSSR count). The molecule has 2 aromatic rings. The number of nitrogens with one attached hydrogen (secondary N) is 2. The number of rotatable bonds is 10. The number of nitrogens with zero attached hydrogens (tertiary/aromatic N) is 1. The van der Waals surface area contributed by atoms with Gasteiger partial charge in [0.2, 0.25) is 5.91 Å². The monoisotopic (exact) mass is 373 g/mol. The highest BCUT2D eigenvalue weighted by atomic mass is 32.1. The Balaban J connectivity index is 1.78. The molecular formula is C20H27N3O2S. The molecule has 0 spiro atoms. The van der Waals surface area contributed by atoms with E-state index in [2.05, 4.69) is 28.5 Å². The van der Waals surface area contributed by atoms with Gasteiger partial charge >= 0.3 is 0 Å². The summed E-state index contributed by atoms with van der Waals surface area (Å²) < 4.78 is 0. The highest BCUT2D eigenvalue weighted by Gasteiger charge is 2.08. The maximum Gasteiger partial charge on any atom is 0.251 e. The number of hydrogen-bond donors (Lipinski definition) is 2. The molecule has 6 heteroatoms. The Morgan fingerprint density at radius 2 is 2.04 bits per heavy atom. The van der Waals surface area contributed by atoms with Crippen LogP contribution in [0.2, 0.25) is 0 Å². The third kappa shape index (κ3) is 6.98. The summed E-state index contributed by atoms with van der Waals surface area (Å²) in [6.45, 7) is 4.43. The summed E-state index contributed by atoms with van der Waals surface area (Å²) in [6, 6.07) is 11.2. The van der Waals surface area contributed by atoms with Crippen LogP contribution in [-0.2, 0) is 11.2 Å². The zero-order valence-corrected chi connectivity index (χ0v) is 16.3. The Bertz CT molecular complexity index is 701. The molecule has 5 nitrogen and oxygen atoms in total. The Kier molecular flexibility index (Phi) is 8.31. The first-order valence-electron chi connectivity index (χ1n) is 8.97. The number of amides is 2. The number of aryl methyl sites for hydroxylation is 1. The van der Waals surface area contributed by atoms with Crippen LogP contribution in [0, 0.1) is 0 Å². The van der Waals surface area contributed by atoms with Crippen LogP contribution in [0.3, 0.4) is 0 Å². The maximum atomic E-state index is 12.2. The molecule has 0 bridgehead atoms. The maximum absolute atomic E-state index is 12.2. The van der Waals surface area contributed by atoms with Crippen LogP contribution in [0.25, 0.3) is 0 Å². The fourth-order valence-electron chi connectivity index (χ4n) is 2.46. The number of hydrogen-bond acceptors (Lipinski definition) is 4. The molecule has 2 amide bonds. The van der Waals surface area contributed by atoms with Gasteiger partial charge < -0.3 is 15.5 Å². The van der Waals surface area contributed by atoms with Crippen molar-refractivity contribution in [2.24, 2.45) is 0 Å². The Hall–Kier alpha value is -2.18. The molecule has 0 fully saturated rings. The van der Waals surface area contributed by atoms with Gasteiger partial charge in [-0.2, -0.15) is 0 Å². The average molecular weight is 374 g/mol. The van der Waals surface area contributed by atoms with Crippen LogP contribution >= 0.6 is 11.3 Å². The van der Waals surface area contributed by atoms with Crippen LogP contribution < -0.4 is 10.6 Å². The molecule has 1 aromatic carbocycles. The van der Waals surface area contributed by atoms with Crippen molar-refractivity contribution in [3.05, 3.63) is 52.2 Å². The molecule has 140 valence electrons. The first-order valence-corrected chi connectivity index (χ1v) is 9.85. The van der Waals surface area contributed by atoms with Crippen molar-refractivity contribution in [1.29, 1.82) is 0 Å². The van der Waals surface area contributed by atoms with E-state index in [4.69, 9.17) is 0 Å². The van der Waals surface area contributed by atoms with Gasteiger partial charge in [-0.1, -0.05) is 19.1 Å². The van der Waals surface area contributed by atoms with E-state index < -0.39 is 0 Å². The number of carbonyl (C=O) groups excluding carboxylic acids is 2. The molecule has 2 N–H and O–H groups in total. The lowest BCUT2D eigenvalue weighted by Gasteiger charge is -2.14. The summed E-state index contributed by atoms with van der Waals surface area (Å²) in [5.41, 5.74) is 1.21. The van der Waals surface area contributed by atoms with Gasteiger partial charge in [0.05, 0.1) is 0 Å². The van der Waals surface area contributed by atoms with Crippen molar-refractivity contribution in [1.82, 2.24) is 10.2 Å². The summed E-state index contributed by atoms with van der Waals surface area (Å²) in [7, 11) is 2.01. The predicted octanol–water partition coefficient (Wildman–Crippen LogP) is 3.39. The zero-order chi connectivity index (χ0) is 18.8. The van der Waals surface area contributed by atoms with Gasteiger partial charge in [0, 0.05) is 35.6 Å². The topological polar surface area (TPSA) is 61.4 Å². The van der Waals surface area contributed by atoms with Crippen LogP contribution in [-0.4, -0.2) is 43.4 Å². The summed E-state index contributed by atoms with van der Waals surface area (Å²) in [6.07, 6.45) is 2.20. The van der Waals surface area contributed by atoms with Crippen LogP contribution in [0.4, 0.5) is 5.69 Å². The molecule has 0 aliphatic heterocycles. The Labute approximate surface area is 159 Å². The molecule has 26 heavy (non-hydrogen) atoms. The van der Waals surface area contributed by atoms with Gasteiger partial charge in [0.15, 0.2) is 0 Å². The van der Waals surface area contributed by atoms with Crippen LogP contribution in [0.5, 0.6) is 0 Å². The van der Waals surface area contributed by atoms with Gasteiger partial charge in [-0.05, 0) is 56.1 Å². The zero-order valence-electron chi connectivity index (χ0n) is 15.5. The van der Waals surface area contributed by atoms with Crippen molar-refractivity contribution in [3.63, 3.8) is 0 Å². The molecule has 0 atom stereocenters. The minimum absolute atomic E-state index is 0.0244. The molecule has 0 radical (unpaired) electrons. The first-order chi connectivity index (χ1) is 12.6. The van der Waals surface area contributed by atoms with Gasteiger partial charge in [-0.15, -0.1) is 11.3 Å².